The second kappa shape index (κ2) is 12.3. The number of amides is 2. The SMILES string of the molecule is COc1ccc(OC(C)c2nnc(SCC(=O)Nc3ccc(C)c(NC(C)=O)c3)n2-c2ccccc2)cc1. The van der Waals surface area contributed by atoms with Crippen LogP contribution in [0.4, 0.5) is 11.4 Å². The number of anilines is 2. The molecular formula is C28H29N5O4S. The van der Waals surface area contributed by atoms with Crippen LogP contribution < -0.4 is 20.1 Å². The van der Waals surface area contributed by atoms with E-state index in [2.05, 4.69) is 20.8 Å². The van der Waals surface area contributed by atoms with Crippen molar-refractivity contribution in [3.8, 4) is 17.2 Å². The Morgan fingerprint density at radius 1 is 0.974 bits per heavy atom. The maximum Gasteiger partial charge on any atom is 0.234 e. The Hall–Kier alpha value is -4.31. The van der Waals surface area contributed by atoms with Crippen molar-refractivity contribution in [1.82, 2.24) is 14.8 Å². The minimum atomic E-state index is -0.418. The quantitative estimate of drug-likeness (QED) is 0.263. The highest BCUT2D eigenvalue weighted by Gasteiger charge is 2.22. The first-order chi connectivity index (χ1) is 18.3. The van der Waals surface area contributed by atoms with Gasteiger partial charge in [-0.1, -0.05) is 36.0 Å². The molecule has 3 aromatic carbocycles. The molecule has 2 amide bonds. The molecule has 1 atom stereocenters. The highest BCUT2D eigenvalue weighted by Crippen LogP contribution is 2.29. The van der Waals surface area contributed by atoms with Crippen LogP contribution >= 0.6 is 11.8 Å². The van der Waals surface area contributed by atoms with Crippen LogP contribution in [-0.4, -0.2) is 39.4 Å². The summed E-state index contributed by atoms with van der Waals surface area (Å²) in [6, 6.07) is 22.4. The topological polar surface area (TPSA) is 107 Å². The van der Waals surface area contributed by atoms with Gasteiger partial charge < -0.3 is 20.1 Å². The van der Waals surface area contributed by atoms with Crippen molar-refractivity contribution in [3.05, 3.63) is 84.2 Å². The average molecular weight is 532 g/mol. The fourth-order valence-corrected chi connectivity index (χ4v) is 4.48. The fraction of sp³-hybridized carbons (Fsp3) is 0.214. The smallest absolute Gasteiger partial charge is 0.234 e. The number of benzene rings is 3. The summed E-state index contributed by atoms with van der Waals surface area (Å²) in [5.74, 6) is 1.75. The molecule has 0 saturated heterocycles. The van der Waals surface area contributed by atoms with Crippen molar-refractivity contribution in [2.45, 2.75) is 32.0 Å². The Morgan fingerprint density at radius 2 is 1.68 bits per heavy atom. The maximum absolute atomic E-state index is 12.8. The number of hydrogen-bond acceptors (Lipinski definition) is 7. The van der Waals surface area contributed by atoms with E-state index in [1.165, 1.54) is 18.7 Å². The summed E-state index contributed by atoms with van der Waals surface area (Å²) in [4.78, 5) is 24.2. The van der Waals surface area contributed by atoms with Crippen LogP contribution in [0.25, 0.3) is 5.69 Å². The number of nitrogens with zero attached hydrogens (tertiary/aromatic N) is 3. The van der Waals surface area contributed by atoms with E-state index in [1.807, 2.05) is 79.1 Å². The van der Waals surface area contributed by atoms with Crippen LogP contribution in [-0.2, 0) is 9.59 Å². The highest BCUT2D eigenvalue weighted by atomic mass is 32.2. The van der Waals surface area contributed by atoms with E-state index in [4.69, 9.17) is 9.47 Å². The summed E-state index contributed by atoms with van der Waals surface area (Å²) in [6.07, 6.45) is -0.418. The number of rotatable bonds is 10. The van der Waals surface area contributed by atoms with Crippen LogP contribution in [0.3, 0.4) is 0 Å². The first-order valence-electron chi connectivity index (χ1n) is 12.0. The van der Waals surface area contributed by atoms with Gasteiger partial charge in [-0.25, -0.2) is 0 Å². The first-order valence-corrected chi connectivity index (χ1v) is 12.9. The lowest BCUT2D eigenvalue weighted by Crippen LogP contribution is -2.16. The number of methoxy groups -OCH3 is 1. The molecule has 4 aromatic rings. The van der Waals surface area contributed by atoms with Gasteiger partial charge >= 0.3 is 0 Å². The number of ether oxygens (including phenoxy) is 2. The van der Waals surface area contributed by atoms with E-state index in [1.54, 1.807) is 19.2 Å². The average Bonchev–Trinajstić information content (AvgIpc) is 3.34. The monoisotopic (exact) mass is 531 g/mol. The molecule has 1 aromatic heterocycles. The zero-order valence-electron chi connectivity index (χ0n) is 21.6. The van der Waals surface area contributed by atoms with E-state index in [9.17, 15) is 9.59 Å². The molecule has 0 bridgehead atoms. The van der Waals surface area contributed by atoms with E-state index in [0.717, 1.165) is 17.0 Å². The molecule has 9 nitrogen and oxygen atoms in total. The van der Waals surface area contributed by atoms with Crippen LogP contribution in [0.2, 0.25) is 0 Å². The molecule has 0 spiro atoms. The summed E-state index contributed by atoms with van der Waals surface area (Å²) < 4.78 is 13.2. The third-order valence-corrected chi connectivity index (χ3v) is 6.50. The van der Waals surface area contributed by atoms with Gasteiger partial charge in [0.2, 0.25) is 11.8 Å². The Labute approximate surface area is 225 Å². The highest BCUT2D eigenvalue weighted by molar-refractivity contribution is 7.99. The molecular weight excluding hydrogens is 502 g/mol. The number of aryl methyl sites for hydroxylation is 1. The zero-order chi connectivity index (χ0) is 27.1. The van der Waals surface area contributed by atoms with Gasteiger partial charge in [-0.3, -0.25) is 14.2 Å². The van der Waals surface area contributed by atoms with Crippen molar-refractivity contribution >= 4 is 35.0 Å². The lowest BCUT2D eigenvalue weighted by atomic mass is 10.2. The summed E-state index contributed by atoms with van der Waals surface area (Å²) in [5, 5.41) is 15.0. The molecule has 0 saturated carbocycles. The molecule has 196 valence electrons. The zero-order valence-corrected chi connectivity index (χ0v) is 22.4. The normalized spacial score (nSPS) is 11.5. The number of carbonyl (C=O) groups is 2. The number of thioether (sulfide) groups is 1. The summed E-state index contributed by atoms with van der Waals surface area (Å²) in [5.41, 5.74) is 3.01. The van der Waals surface area contributed by atoms with Crippen molar-refractivity contribution < 1.29 is 19.1 Å². The number of carbonyl (C=O) groups excluding carboxylic acids is 2. The van der Waals surface area contributed by atoms with Gasteiger partial charge in [0.05, 0.1) is 12.9 Å². The molecule has 4 rings (SSSR count). The van der Waals surface area contributed by atoms with Gasteiger partial charge in [-0.05, 0) is 67.9 Å². The molecule has 0 fully saturated rings. The second-order valence-corrected chi connectivity index (χ2v) is 9.44. The number of para-hydroxylation sites is 1. The van der Waals surface area contributed by atoms with Crippen LogP contribution in [0.15, 0.2) is 78.0 Å². The van der Waals surface area contributed by atoms with E-state index < -0.39 is 6.10 Å². The molecule has 1 unspecified atom stereocenters. The standard InChI is InChI=1S/C28H29N5O4S/c1-18-10-11-21(16-25(18)29-20(3)34)30-26(35)17-38-28-32-31-27(33(28)22-8-6-5-7-9-22)19(2)37-24-14-12-23(36-4)13-15-24/h5-16,19H,17H2,1-4H3,(H,29,34)(H,30,35). The van der Waals surface area contributed by atoms with E-state index >= 15 is 0 Å². The summed E-state index contributed by atoms with van der Waals surface area (Å²) in [7, 11) is 1.62. The molecule has 10 heteroatoms. The summed E-state index contributed by atoms with van der Waals surface area (Å²) in [6.45, 7) is 5.24. The molecule has 2 N–H and O–H groups in total. The number of aromatic nitrogens is 3. The Kier molecular flexibility index (Phi) is 8.65. The predicted molar refractivity (Wildman–Crippen MR) is 148 cm³/mol. The minimum absolute atomic E-state index is 0.113. The molecule has 1 heterocycles. The van der Waals surface area contributed by atoms with Gasteiger partial charge in [-0.15, -0.1) is 10.2 Å². The van der Waals surface area contributed by atoms with Gasteiger partial charge in [-0.2, -0.15) is 0 Å². The number of nitrogens with one attached hydrogen (secondary N) is 2. The minimum Gasteiger partial charge on any atom is -0.497 e. The molecule has 38 heavy (non-hydrogen) atoms. The van der Waals surface area contributed by atoms with Gasteiger partial charge in [0.25, 0.3) is 0 Å². The lowest BCUT2D eigenvalue weighted by Gasteiger charge is -2.17. The molecule has 0 radical (unpaired) electrons. The number of hydrogen-bond donors (Lipinski definition) is 2. The van der Waals surface area contributed by atoms with Gasteiger partial charge in [0.1, 0.15) is 11.5 Å². The van der Waals surface area contributed by atoms with Crippen LogP contribution in [0.1, 0.15) is 31.3 Å². The van der Waals surface area contributed by atoms with Crippen molar-refractivity contribution in [2.75, 3.05) is 23.5 Å². The van der Waals surface area contributed by atoms with Gasteiger partial charge in [0.15, 0.2) is 17.1 Å². The summed E-state index contributed by atoms with van der Waals surface area (Å²) >= 11 is 1.27. The second-order valence-electron chi connectivity index (χ2n) is 8.50. The van der Waals surface area contributed by atoms with Crippen molar-refractivity contribution in [1.29, 1.82) is 0 Å². The predicted octanol–water partition coefficient (Wildman–Crippen LogP) is 5.41. The van der Waals surface area contributed by atoms with E-state index in [-0.39, 0.29) is 17.6 Å². The van der Waals surface area contributed by atoms with Crippen LogP contribution in [0.5, 0.6) is 11.5 Å². The third-order valence-electron chi connectivity index (χ3n) is 5.57. The maximum atomic E-state index is 12.8. The lowest BCUT2D eigenvalue weighted by molar-refractivity contribution is -0.114. The Morgan fingerprint density at radius 3 is 2.37 bits per heavy atom. The van der Waals surface area contributed by atoms with E-state index in [0.29, 0.717) is 28.1 Å². The van der Waals surface area contributed by atoms with Gasteiger partial charge in [0, 0.05) is 24.0 Å². The Balaban J connectivity index is 1.50. The largest absolute Gasteiger partial charge is 0.497 e. The molecule has 0 aliphatic carbocycles. The molecule has 0 aliphatic rings. The van der Waals surface area contributed by atoms with Crippen molar-refractivity contribution in [2.24, 2.45) is 0 Å². The fourth-order valence-electron chi connectivity index (χ4n) is 3.72. The van der Waals surface area contributed by atoms with Crippen LogP contribution in [0, 0.1) is 6.92 Å². The first kappa shape index (κ1) is 26.7. The van der Waals surface area contributed by atoms with Crippen molar-refractivity contribution in [3.63, 3.8) is 0 Å². The third kappa shape index (κ3) is 6.71. The Bertz CT molecular complexity index is 1410. The molecule has 0 aliphatic heterocycles.